The molecule has 0 spiro atoms. The average molecular weight is 399 g/mol. The molecule has 28 heavy (non-hydrogen) atoms. The molecule has 8 heteroatoms. The lowest BCUT2D eigenvalue weighted by molar-refractivity contribution is -0.132. The van der Waals surface area contributed by atoms with Gasteiger partial charge in [-0.2, -0.15) is 5.10 Å². The molecule has 1 aliphatic heterocycles. The second-order valence-electron chi connectivity index (χ2n) is 7.44. The molecule has 1 aromatic carbocycles. The number of aromatic nitrogens is 4. The maximum atomic E-state index is 12.3. The lowest BCUT2D eigenvalue weighted by atomic mass is 10.1. The first-order chi connectivity index (χ1) is 13.5. The molecule has 0 unspecified atom stereocenters. The third-order valence-corrected chi connectivity index (χ3v) is 5.15. The van der Waals surface area contributed by atoms with Crippen LogP contribution >= 0.6 is 11.6 Å². The van der Waals surface area contributed by atoms with E-state index in [9.17, 15) is 4.79 Å². The van der Waals surface area contributed by atoms with Gasteiger partial charge in [-0.25, -0.2) is 14.6 Å². The van der Waals surface area contributed by atoms with Crippen LogP contribution in [0, 0.1) is 5.92 Å². The van der Waals surface area contributed by atoms with Gasteiger partial charge in [-0.15, -0.1) is 0 Å². The lowest BCUT2D eigenvalue weighted by Gasteiger charge is -2.35. The molecule has 0 saturated carbocycles. The summed E-state index contributed by atoms with van der Waals surface area (Å²) >= 11 is 6.12. The molecule has 4 rings (SSSR count). The third kappa shape index (κ3) is 3.67. The summed E-state index contributed by atoms with van der Waals surface area (Å²) in [5.74, 6) is 1.47. The first-order valence-corrected chi connectivity index (χ1v) is 9.88. The first-order valence-electron chi connectivity index (χ1n) is 9.50. The van der Waals surface area contributed by atoms with E-state index in [1.165, 1.54) is 0 Å². The van der Waals surface area contributed by atoms with Crippen molar-refractivity contribution in [3.05, 3.63) is 41.8 Å². The molecule has 3 heterocycles. The molecule has 1 saturated heterocycles. The second kappa shape index (κ2) is 7.75. The SMILES string of the molecule is CC(C)CC(=O)N1CCN(c2ncnc3c2cnn3-c2cccc(Cl)c2)CC1. The number of halogens is 1. The number of anilines is 1. The number of hydrogen-bond acceptors (Lipinski definition) is 5. The minimum atomic E-state index is 0.233. The van der Waals surface area contributed by atoms with Crippen LogP contribution in [0.3, 0.4) is 0 Å². The number of piperazine rings is 1. The van der Waals surface area contributed by atoms with Gasteiger partial charge in [0.05, 0.1) is 17.3 Å². The fourth-order valence-corrected chi connectivity index (χ4v) is 3.71. The van der Waals surface area contributed by atoms with Gasteiger partial charge < -0.3 is 9.80 Å². The Balaban J connectivity index is 1.57. The quantitative estimate of drug-likeness (QED) is 0.675. The van der Waals surface area contributed by atoms with Crippen LogP contribution in [0.2, 0.25) is 5.02 Å². The van der Waals surface area contributed by atoms with Gasteiger partial charge in [0.2, 0.25) is 5.91 Å². The lowest BCUT2D eigenvalue weighted by Crippen LogP contribution is -2.49. The molecule has 1 fully saturated rings. The van der Waals surface area contributed by atoms with Crippen molar-refractivity contribution in [3.63, 3.8) is 0 Å². The Hall–Kier alpha value is -2.67. The monoisotopic (exact) mass is 398 g/mol. The van der Waals surface area contributed by atoms with Gasteiger partial charge in [0.25, 0.3) is 0 Å². The number of amides is 1. The van der Waals surface area contributed by atoms with Gasteiger partial charge in [-0.1, -0.05) is 31.5 Å². The highest BCUT2D eigenvalue weighted by Crippen LogP contribution is 2.26. The van der Waals surface area contributed by atoms with E-state index in [0.29, 0.717) is 30.5 Å². The molecular formula is C20H23ClN6O. The Morgan fingerprint density at radius 3 is 2.68 bits per heavy atom. The van der Waals surface area contributed by atoms with Crippen molar-refractivity contribution in [2.24, 2.45) is 5.92 Å². The summed E-state index contributed by atoms with van der Waals surface area (Å²) in [6.45, 7) is 7.06. The minimum absolute atomic E-state index is 0.233. The zero-order chi connectivity index (χ0) is 19.7. The minimum Gasteiger partial charge on any atom is -0.352 e. The van der Waals surface area contributed by atoms with Crippen molar-refractivity contribution < 1.29 is 4.79 Å². The number of rotatable bonds is 4. The number of benzene rings is 1. The number of carbonyl (C=O) groups is 1. The fourth-order valence-electron chi connectivity index (χ4n) is 3.53. The van der Waals surface area contributed by atoms with Gasteiger partial charge in [0.15, 0.2) is 5.65 Å². The molecule has 146 valence electrons. The predicted molar refractivity (Wildman–Crippen MR) is 110 cm³/mol. The average Bonchev–Trinajstić information content (AvgIpc) is 3.12. The fraction of sp³-hybridized carbons (Fsp3) is 0.400. The summed E-state index contributed by atoms with van der Waals surface area (Å²) in [4.78, 5) is 25.4. The van der Waals surface area contributed by atoms with Crippen molar-refractivity contribution >= 4 is 34.4 Å². The van der Waals surface area contributed by atoms with Crippen LogP contribution in [0.15, 0.2) is 36.8 Å². The Labute approximate surface area is 168 Å². The van der Waals surface area contributed by atoms with Gasteiger partial charge in [-0.3, -0.25) is 4.79 Å². The van der Waals surface area contributed by atoms with Crippen LogP contribution in [-0.2, 0) is 4.79 Å². The third-order valence-electron chi connectivity index (χ3n) is 4.91. The Bertz CT molecular complexity index is 993. The van der Waals surface area contributed by atoms with Crippen molar-refractivity contribution in [1.29, 1.82) is 0 Å². The van der Waals surface area contributed by atoms with Crippen LogP contribution in [0.4, 0.5) is 5.82 Å². The summed E-state index contributed by atoms with van der Waals surface area (Å²) in [5.41, 5.74) is 1.60. The van der Waals surface area contributed by atoms with Crippen LogP contribution in [-0.4, -0.2) is 56.7 Å². The van der Waals surface area contributed by atoms with E-state index in [1.54, 1.807) is 17.2 Å². The van der Waals surface area contributed by atoms with Gasteiger partial charge in [-0.05, 0) is 24.1 Å². The molecular weight excluding hydrogens is 376 g/mol. The molecule has 0 bridgehead atoms. The van der Waals surface area contributed by atoms with E-state index < -0.39 is 0 Å². The molecule has 1 aliphatic rings. The molecule has 2 aromatic heterocycles. The van der Waals surface area contributed by atoms with E-state index in [1.807, 2.05) is 29.2 Å². The number of hydrogen-bond donors (Lipinski definition) is 0. The summed E-state index contributed by atoms with van der Waals surface area (Å²) in [6, 6.07) is 7.52. The maximum Gasteiger partial charge on any atom is 0.222 e. The summed E-state index contributed by atoms with van der Waals surface area (Å²) < 4.78 is 1.77. The number of carbonyl (C=O) groups excluding carboxylic acids is 1. The van der Waals surface area contributed by atoms with Crippen molar-refractivity contribution in [2.75, 3.05) is 31.1 Å². The van der Waals surface area contributed by atoms with E-state index >= 15 is 0 Å². The smallest absolute Gasteiger partial charge is 0.222 e. The standard InChI is InChI=1S/C20H23ClN6O/c1-14(2)10-18(28)25-6-8-26(9-7-25)19-17-12-24-27(20(17)23-13-22-19)16-5-3-4-15(21)11-16/h3-5,11-14H,6-10H2,1-2H3. The number of nitrogens with zero attached hydrogens (tertiary/aromatic N) is 6. The molecule has 0 aliphatic carbocycles. The normalized spacial score (nSPS) is 14.9. The summed E-state index contributed by atoms with van der Waals surface area (Å²) in [5, 5.41) is 6.05. The predicted octanol–water partition coefficient (Wildman–Crippen LogP) is 3.16. The molecule has 1 amide bonds. The Morgan fingerprint density at radius 1 is 1.18 bits per heavy atom. The Kier molecular flexibility index (Phi) is 5.17. The molecule has 7 nitrogen and oxygen atoms in total. The van der Waals surface area contributed by atoms with Crippen LogP contribution in [0.1, 0.15) is 20.3 Å². The zero-order valence-electron chi connectivity index (χ0n) is 16.0. The van der Waals surface area contributed by atoms with E-state index in [0.717, 1.165) is 35.6 Å². The molecule has 0 radical (unpaired) electrons. The van der Waals surface area contributed by atoms with E-state index in [2.05, 4.69) is 33.8 Å². The summed E-state index contributed by atoms with van der Waals surface area (Å²) in [7, 11) is 0. The van der Waals surface area contributed by atoms with Crippen LogP contribution < -0.4 is 4.90 Å². The highest BCUT2D eigenvalue weighted by Gasteiger charge is 2.24. The van der Waals surface area contributed by atoms with Gasteiger partial charge in [0, 0.05) is 37.6 Å². The van der Waals surface area contributed by atoms with E-state index in [4.69, 9.17) is 11.6 Å². The topological polar surface area (TPSA) is 67.2 Å². The van der Waals surface area contributed by atoms with Crippen LogP contribution in [0.5, 0.6) is 0 Å². The highest BCUT2D eigenvalue weighted by molar-refractivity contribution is 6.30. The van der Waals surface area contributed by atoms with Crippen molar-refractivity contribution in [2.45, 2.75) is 20.3 Å². The maximum absolute atomic E-state index is 12.3. The zero-order valence-corrected chi connectivity index (χ0v) is 16.8. The first kappa shape index (κ1) is 18.7. The van der Waals surface area contributed by atoms with Crippen molar-refractivity contribution in [3.8, 4) is 5.69 Å². The highest BCUT2D eigenvalue weighted by atomic mass is 35.5. The molecule has 3 aromatic rings. The van der Waals surface area contributed by atoms with E-state index in [-0.39, 0.29) is 5.91 Å². The largest absolute Gasteiger partial charge is 0.352 e. The second-order valence-corrected chi connectivity index (χ2v) is 7.87. The summed E-state index contributed by atoms with van der Waals surface area (Å²) in [6.07, 6.45) is 3.96. The van der Waals surface area contributed by atoms with Gasteiger partial charge >= 0.3 is 0 Å². The Morgan fingerprint density at radius 2 is 1.96 bits per heavy atom. The number of fused-ring (bicyclic) bond motifs is 1. The molecule has 0 atom stereocenters. The molecule has 0 N–H and O–H groups in total. The van der Waals surface area contributed by atoms with Crippen molar-refractivity contribution in [1.82, 2.24) is 24.6 Å². The van der Waals surface area contributed by atoms with Gasteiger partial charge in [0.1, 0.15) is 12.1 Å². The van der Waals surface area contributed by atoms with Crippen LogP contribution in [0.25, 0.3) is 16.7 Å².